The quantitative estimate of drug-likeness (QED) is 0.0532. The molecular formula is C75H80Cl2N8O. The fourth-order valence-electron chi connectivity index (χ4n) is 13.3. The number of unbranched alkanes of at least 4 members (excludes halogenated alkanes) is 6. The summed E-state index contributed by atoms with van der Waals surface area (Å²) in [4.78, 5) is 34.9. The van der Waals surface area contributed by atoms with E-state index in [0.29, 0.717) is 6.42 Å². The van der Waals surface area contributed by atoms with Crippen LogP contribution < -0.4 is 5.32 Å². The van der Waals surface area contributed by atoms with Gasteiger partial charge in [-0.1, -0.05) is 169 Å². The standard InChI is InChI=1S/C28H33ClN4.C28H28N2O.C19H19ClN2/c29-24-10-11-26-23(18-24)9-8-22-6-5-14-31-28(22)27(26)21-12-16-33(17-13-21)15-4-2-1-3-7-25-19-30-20-32-25;31-21-13-2-1-12-20-27-22-30(23-29-27)28(24-14-6-3-7-15-24,25-16-8-4-9-17-25)26-18-10-5-11-19-26;20-16-5-6-17-15(12-16)4-3-14-2-1-9-22-19(14)18(17)13-7-10-21-11-8-13/h5-6,10-11,14,18-20H,1-4,7-9,12-13,15-17H2,(H,30,32);3-11,14-19,21-23H,1-2,12-13,20H2;1-2,5-6,9,12,21H,3-4,7-8,10-11H2. The molecule has 4 aliphatic rings. The van der Waals surface area contributed by atoms with Crippen molar-refractivity contribution in [2.45, 2.75) is 121 Å². The average molecular weight is 1180 g/mol. The molecule has 0 atom stereocenters. The maximum Gasteiger partial charge on any atom is 0.121 e. The molecule has 0 spiro atoms. The normalized spacial score (nSPS) is 14.9. The van der Waals surface area contributed by atoms with Crippen LogP contribution in [0.3, 0.4) is 0 Å². The van der Waals surface area contributed by atoms with Gasteiger partial charge in [0.15, 0.2) is 0 Å². The Balaban J connectivity index is 0.000000137. The number of nitrogens with one attached hydrogen (secondary N) is 2. The number of imidazole rings is 2. The number of carbonyl (C=O) groups excluding carboxylic acids is 1. The molecule has 0 radical (unpaired) electrons. The molecule has 5 aromatic carbocycles. The number of nitrogens with zero attached hydrogens (tertiary/aromatic N) is 6. The first-order valence-electron chi connectivity index (χ1n) is 31.4. The highest BCUT2D eigenvalue weighted by molar-refractivity contribution is 6.31. The molecule has 13 rings (SSSR count). The third kappa shape index (κ3) is 14.6. The first-order valence-corrected chi connectivity index (χ1v) is 32.2. The van der Waals surface area contributed by atoms with Crippen LogP contribution in [0, 0.1) is 0 Å². The summed E-state index contributed by atoms with van der Waals surface area (Å²) in [6.45, 7) is 5.64. The first kappa shape index (κ1) is 60.2. The second-order valence-electron chi connectivity index (χ2n) is 23.3. The molecule has 0 saturated carbocycles. The number of benzene rings is 5. The molecule has 9 aromatic rings. The Bertz CT molecular complexity index is 3570. The van der Waals surface area contributed by atoms with Crippen molar-refractivity contribution < 1.29 is 4.79 Å². The number of hydrogen-bond acceptors (Lipinski definition) is 7. The van der Waals surface area contributed by atoms with Gasteiger partial charge in [-0.05, 0) is 196 Å². The molecule has 2 N–H and O–H groups in total. The van der Waals surface area contributed by atoms with Crippen LogP contribution in [0.5, 0.6) is 0 Å². The van der Waals surface area contributed by atoms with Gasteiger partial charge in [0.2, 0.25) is 0 Å². The molecule has 4 aromatic heterocycles. The fourth-order valence-corrected chi connectivity index (χ4v) is 13.7. The van der Waals surface area contributed by atoms with Crippen LogP contribution in [0.15, 0.2) is 200 Å². The number of halogens is 2. The highest BCUT2D eigenvalue weighted by atomic mass is 35.5. The van der Waals surface area contributed by atoms with Gasteiger partial charge in [-0.2, -0.15) is 0 Å². The van der Waals surface area contributed by atoms with Gasteiger partial charge >= 0.3 is 0 Å². The fraction of sp³-hybridized carbons (Fsp3) is 0.320. The van der Waals surface area contributed by atoms with E-state index < -0.39 is 5.54 Å². The number of hydrogen-bond donors (Lipinski definition) is 2. The Kier molecular flexibility index (Phi) is 21.1. The smallest absolute Gasteiger partial charge is 0.121 e. The van der Waals surface area contributed by atoms with Crippen LogP contribution in [0.2, 0.25) is 10.0 Å². The number of pyridine rings is 2. The summed E-state index contributed by atoms with van der Waals surface area (Å²) in [5, 5.41) is 5.11. The maximum absolute atomic E-state index is 10.5. The molecule has 2 aliphatic heterocycles. The van der Waals surface area contributed by atoms with E-state index in [2.05, 4.69) is 164 Å². The third-order valence-electron chi connectivity index (χ3n) is 17.7. The zero-order chi connectivity index (χ0) is 58.8. The van der Waals surface area contributed by atoms with Crippen LogP contribution in [-0.4, -0.2) is 73.4 Å². The summed E-state index contributed by atoms with van der Waals surface area (Å²) >= 11 is 12.6. The SMILES string of the molecule is Clc1ccc2c(c1)CCc1cccnc1C2=C1CCN(CCCCCCc2cnc[nH]2)CC1.Clc1ccc2c(c1)CCc1cccnc1C2=C1CCNCC1.O=CCCCCCc1cn(C(c2ccccc2)(c2ccccc2)c2ccccc2)cn1. The zero-order valence-electron chi connectivity index (χ0n) is 49.6. The summed E-state index contributed by atoms with van der Waals surface area (Å²) < 4.78 is 2.26. The summed E-state index contributed by atoms with van der Waals surface area (Å²) in [6, 6.07) is 53.3. The number of aromatic nitrogens is 6. The van der Waals surface area contributed by atoms with Crippen LogP contribution >= 0.6 is 23.2 Å². The van der Waals surface area contributed by atoms with Gasteiger partial charge in [0, 0.05) is 71.2 Å². The summed E-state index contributed by atoms with van der Waals surface area (Å²) in [6.07, 6.45) is 32.2. The second-order valence-corrected chi connectivity index (χ2v) is 24.1. The lowest BCUT2D eigenvalue weighted by atomic mass is 9.77. The molecule has 2 aliphatic carbocycles. The Hall–Kier alpha value is -7.53. The van der Waals surface area contributed by atoms with E-state index in [9.17, 15) is 4.79 Å². The van der Waals surface area contributed by atoms with Crippen LogP contribution in [-0.2, 0) is 48.9 Å². The highest BCUT2D eigenvalue weighted by Gasteiger charge is 2.38. The minimum absolute atomic E-state index is 0.507. The van der Waals surface area contributed by atoms with Crippen LogP contribution in [0.4, 0.5) is 0 Å². The molecular weight excluding hydrogens is 1100 g/mol. The number of fused-ring (bicyclic) bond motifs is 4. The highest BCUT2D eigenvalue weighted by Crippen LogP contribution is 2.43. The van der Waals surface area contributed by atoms with Gasteiger partial charge in [0.1, 0.15) is 11.8 Å². The summed E-state index contributed by atoms with van der Waals surface area (Å²) in [5.41, 5.74) is 21.8. The minimum atomic E-state index is -0.507. The predicted octanol–water partition coefficient (Wildman–Crippen LogP) is 16.3. The number of aromatic amines is 1. The van der Waals surface area contributed by atoms with E-state index in [1.165, 1.54) is 116 Å². The van der Waals surface area contributed by atoms with Gasteiger partial charge in [-0.25, -0.2) is 9.97 Å². The lowest BCUT2D eigenvalue weighted by molar-refractivity contribution is -0.107. The van der Waals surface area contributed by atoms with E-state index in [-0.39, 0.29) is 0 Å². The molecule has 0 unspecified atom stereocenters. The van der Waals surface area contributed by atoms with E-state index in [1.807, 2.05) is 43.1 Å². The van der Waals surface area contributed by atoms with E-state index in [4.69, 9.17) is 38.2 Å². The lowest BCUT2D eigenvalue weighted by Crippen LogP contribution is -2.36. The molecule has 9 nitrogen and oxygen atoms in total. The number of carbonyl (C=O) groups is 1. The Morgan fingerprint density at radius 2 is 1.05 bits per heavy atom. The number of H-pyrrole nitrogens is 1. The molecule has 440 valence electrons. The van der Waals surface area contributed by atoms with E-state index in [1.54, 1.807) is 11.9 Å². The number of aldehydes is 1. The number of piperidine rings is 2. The van der Waals surface area contributed by atoms with Crippen LogP contribution in [0.25, 0.3) is 11.1 Å². The first-order chi connectivity index (χ1) is 42.5. The van der Waals surface area contributed by atoms with Crippen molar-refractivity contribution >= 4 is 40.6 Å². The minimum Gasteiger partial charge on any atom is -0.348 e. The van der Waals surface area contributed by atoms with Crippen molar-refractivity contribution in [2.75, 3.05) is 32.7 Å². The van der Waals surface area contributed by atoms with Crippen molar-refractivity contribution in [3.63, 3.8) is 0 Å². The van der Waals surface area contributed by atoms with Gasteiger partial charge in [0.25, 0.3) is 0 Å². The zero-order valence-corrected chi connectivity index (χ0v) is 51.1. The summed E-state index contributed by atoms with van der Waals surface area (Å²) in [7, 11) is 0. The van der Waals surface area contributed by atoms with Crippen LogP contribution in [0.1, 0.15) is 150 Å². The van der Waals surface area contributed by atoms with E-state index >= 15 is 0 Å². The number of likely N-dealkylation sites (tertiary alicyclic amines) is 1. The summed E-state index contributed by atoms with van der Waals surface area (Å²) in [5.74, 6) is 0. The average Bonchev–Trinajstić information content (AvgIpc) is 3.01. The van der Waals surface area contributed by atoms with Gasteiger partial charge in [-0.15, -0.1) is 0 Å². The molecule has 2 saturated heterocycles. The van der Waals surface area contributed by atoms with Gasteiger partial charge < -0.3 is 24.6 Å². The van der Waals surface area contributed by atoms with Crippen molar-refractivity contribution in [1.82, 2.24) is 39.7 Å². The number of aryl methyl sites for hydroxylation is 6. The molecule has 86 heavy (non-hydrogen) atoms. The Morgan fingerprint density at radius 1 is 0.523 bits per heavy atom. The Morgan fingerprint density at radius 3 is 1.59 bits per heavy atom. The van der Waals surface area contributed by atoms with E-state index in [0.717, 1.165) is 132 Å². The Labute approximate surface area is 519 Å². The number of rotatable bonds is 17. The predicted molar refractivity (Wildman–Crippen MR) is 352 cm³/mol. The molecule has 6 heterocycles. The lowest BCUT2D eigenvalue weighted by Gasteiger charge is -2.37. The van der Waals surface area contributed by atoms with Crippen molar-refractivity contribution in [3.8, 4) is 0 Å². The molecule has 0 amide bonds. The topological polar surface area (TPSA) is 105 Å². The van der Waals surface area contributed by atoms with Crippen molar-refractivity contribution in [3.05, 3.63) is 283 Å². The van der Waals surface area contributed by atoms with Gasteiger partial charge in [-0.3, -0.25) is 9.97 Å². The third-order valence-corrected chi connectivity index (χ3v) is 18.2. The molecule has 0 bridgehead atoms. The largest absolute Gasteiger partial charge is 0.348 e. The molecule has 11 heteroatoms. The second kappa shape index (κ2) is 30.2. The molecule has 2 fully saturated rings. The maximum atomic E-state index is 10.5. The van der Waals surface area contributed by atoms with Crippen molar-refractivity contribution in [1.29, 1.82) is 0 Å². The monoisotopic (exact) mass is 1180 g/mol. The van der Waals surface area contributed by atoms with Crippen molar-refractivity contribution in [2.24, 2.45) is 0 Å². The van der Waals surface area contributed by atoms with Gasteiger partial charge in [0.05, 0.1) is 29.7 Å².